The van der Waals surface area contributed by atoms with Crippen LogP contribution in [-0.4, -0.2) is 0 Å². The molecule has 64 heavy (non-hydrogen) atoms. The summed E-state index contributed by atoms with van der Waals surface area (Å²) in [6.45, 7) is 23.1. The quantitative estimate of drug-likeness (QED) is 0.0959. The topological polar surface area (TPSA) is 0 Å². The molecule has 0 saturated carbocycles. The number of hydrogen-bond acceptors (Lipinski definition) is 0. The van der Waals surface area contributed by atoms with E-state index in [-0.39, 0.29) is 21.7 Å². The van der Waals surface area contributed by atoms with Gasteiger partial charge in [0.25, 0.3) is 0 Å². The third-order valence-electron chi connectivity index (χ3n) is 14.6. The fourth-order valence-electron chi connectivity index (χ4n) is 11.4. The zero-order chi connectivity index (χ0) is 45.3. The normalized spacial score (nSPS) is 15.0. The van der Waals surface area contributed by atoms with Crippen LogP contribution in [0.1, 0.15) is 165 Å². The van der Waals surface area contributed by atoms with E-state index in [0.717, 1.165) is 51.4 Å². The fourth-order valence-corrected chi connectivity index (χ4v) is 11.4. The van der Waals surface area contributed by atoms with Gasteiger partial charge >= 0.3 is 0 Å². The maximum Gasteiger partial charge on any atom is 0.0215 e. The highest BCUT2D eigenvalue weighted by atomic mass is 14.5. The minimum Gasteiger partial charge on any atom is -0.0653 e. The standard InChI is InChI=1S/C64H72/c1-11-37-63(38-12-2)57-41-45(21-33-53(57)55-35-27-49(43-59(55)63)47-23-29-51(30-24-47)61(5,6)7)19-17-15-16-18-20-46-22-34-54-56-36-28-50(48-25-31-52(32-26-48)62(8,9)10)44-60(56)64(39-13-3,40-14-4)58(54)42-46/h15-36,41-44H,11-14,37-40H2,1-10H3/b16-15+,19-17+,20-18+. The van der Waals surface area contributed by atoms with Gasteiger partial charge in [-0.05, 0) is 138 Å². The first-order valence-electron chi connectivity index (χ1n) is 24.6. The van der Waals surface area contributed by atoms with Crippen LogP contribution in [0, 0.1) is 0 Å². The number of rotatable bonds is 14. The van der Waals surface area contributed by atoms with Crippen LogP contribution in [0.25, 0.3) is 56.7 Å². The summed E-state index contributed by atoms with van der Waals surface area (Å²) in [4.78, 5) is 0. The molecule has 2 aliphatic carbocycles. The van der Waals surface area contributed by atoms with Gasteiger partial charge in [0.1, 0.15) is 0 Å². The van der Waals surface area contributed by atoms with Crippen molar-refractivity contribution in [2.24, 2.45) is 0 Å². The van der Waals surface area contributed by atoms with Crippen molar-refractivity contribution in [1.82, 2.24) is 0 Å². The Labute approximate surface area is 387 Å². The predicted octanol–water partition coefficient (Wildman–Crippen LogP) is 18.6. The Kier molecular flexibility index (Phi) is 12.8. The second-order valence-corrected chi connectivity index (χ2v) is 21.1. The first kappa shape index (κ1) is 45.1. The Morgan fingerprint density at radius 3 is 0.953 bits per heavy atom. The van der Waals surface area contributed by atoms with E-state index in [1.165, 1.54) is 89.0 Å². The van der Waals surface area contributed by atoms with Crippen molar-refractivity contribution in [2.45, 2.75) is 142 Å². The number of allylic oxidation sites excluding steroid dienone is 4. The van der Waals surface area contributed by atoms with Crippen LogP contribution >= 0.6 is 0 Å². The van der Waals surface area contributed by atoms with Crippen LogP contribution in [0.3, 0.4) is 0 Å². The van der Waals surface area contributed by atoms with Crippen molar-refractivity contribution in [3.05, 3.63) is 190 Å². The molecule has 0 aromatic heterocycles. The first-order valence-corrected chi connectivity index (χ1v) is 24.6. The van der Waals surface area contributed by atoms with Gasteiger partial charge in [-0.2, -0.15) is 0 Å². The third-order valence-corrected chi connectivity index (χ3v) is 14.6. The van der Waals surface area contributed by atoms with E-state index in [4.69, 9.17) is 0 Å². The highest BCUT2D eigenvalue weighted by molar-refractivity contribution is 5.86. The molecule has 0 spiro atoms. The average molecular weight is 841 g/mol. The number of fused-ring (bicyclic) bond motifs is 6. The number of hydrogen-bond donors (Lipinski definition) is 0. The number of benzene rings is 6. The van der Waals surface area contributed by atoms with Crippen molar-refractivity contribution >= 4 is 12.2 Å². The molecule has 0 aliphatic heterocycles. The molecule has 0 saturated heterocycles. The van der Waals surface area contributed by atoms with E-state index in [0.29, 0.717) is 0 Å². The lowest BCUT2D eigenvalue weighted by Gasteiger charge is -2.32. The van der Waals surface area contributed by atoms with E-state index < -0.39 is 0 Å². The predicted molar refractivity (Wildman–Crippen MR) is 280 cm³/mol. The maximum absolute atomic E-state index is 2.52. The fraction of sp³-hybridized carbons (Fsp3) is 0.344. The molecule has 0 fully saturated rings. The van der Waals surface area contributed by atoms with Gasteiger partial charge in [-0.15, -0.1) is 0 Å². The van der Waals surface area contributed by atoms with E-state index >= 15 is 0 Å². The molecule has 0 unspecified atom stereocenters. The summed E-state index contributed by atoms with van der Waals surface area (Å²) in [6, 6.07) is 47.4. The largest absolute Gasteiger partial charge is 0.0653 e. The Balaban J connectivity index is 1.02. The van der Waals surface area contributed by atoms with Crippen LogP contribution in [-0.2, 0) is 21.7 Å². The zero-order valence-corrected chi connectivity index (χ0v) is 40.7. The van der Waals surface area contributed by atoms with Crippen molar-refractivity contribution in [1.29, 1.82) is 0 Å². The molecule has 0 heterocycles. The Bertz CT molecular complexity index is 2490. The van der Waals surface area contributed by atoms with Crippen LogP contribution in [0.4, 0.5) is 0 Å². The molecule has 0 nitrogen and oxygen atoms in total. The van der Waals surface area contributed by atoms with Crippen LogP contribution in [0.2, 0.25) is 0 Å². The highest BCUT2D eigenvalue weighted by Gasteiger charge is 2.43. The lowest BCUT2D eigenvalue weighted by molar-refractivity contribution is 0.436. The molecule has 0 heteroatoms. The van der Waals surface area contributed by atoms with Crippen LogP contribution < -0.4 is 0 Å². The van der Waals surface area contributed by atoms with Gasteiger partial charge in [0.2, 0.25) is 0 Å². The minimum absolute atomic E-state index is 0.0295. The Morgan fingerprint density at radius 1 is 0.344 bits per heavy atom. The van der Waals surface area contributed by atoms with Gasteiger partial charge in [-0.3, -0.25) is 0 Å². The summed E-state index contributed by atoms with van der Waals surface area (Å²) in [5.41, 5.74) is 22.6. The lowest BCUT2D eigenvalue weighted by atomic mass is 9.71. The summed E-state index contributed by atoms with van der Waals surface area (Å²) in [5.74, 6) is 0. The molecular weight excluding hydrogens is 769 g/mol. The third kappa shape index (κ3) is 8.46. The van der Waals surface area contributed by atoms with Crippen molar-refractivity contribution in [2.75, 3.05) is 0 Å². The van der Waals surface area contributed by atoms with Gasteiger partial charge in [-0.25, -0.2) is 0 Å². The minimum atomic E-state index is 0.0295. The summed E-state index contributed by atoms with van der Waals surface area (Å²) in [6.07, 6.45) is 22.6. The molecule has 0 bridgehead atoms. The summed E-state index contributed by atoms with van der Waals surface area (Å²) < 4.78 is 0. The molecule has 2 aliphatic rings. The maximum atomic E-state index is 2.52. The molecule has 328 valence electrons. The van der Waals surface area contributed by atoms with Gasteiger partial charge in [0.05, 0.1) is 0 Å². The van der Waals surface area contributed by atoms with Gasteiger partial charge in [0.15, 0.2) is 0 Å². The summed E-state index contributed by atoms with van der Waals surface area (Å²) in [5, 5.41) is 0. The van der Waals surface area contributed by atoms with E-state index in [1.807, 2.05) is 0 Å². The second kappa shape index (κ2) is 18.2. The first-order chi connectivity index (χ1) is 30.8. The molecule has 8 rings (SSSR count). The zero-order valence-electron chi connectivity index (χ0n) is 40.7. The summed E-state index contributed by atoms with van der Waals surface area (Å²) in [7, 11) is 0. The van der Waals surface area contributed by atoms with Gasteiger partial charge < -0.3 is 0 Å². The van der Waals surface area contributed by atoms with Crippen LogP contribution in [0.5, 0.6) is 0 Å². The molecule has 0 N–H and O–H groups in total. The van der Waals surface area contributed by atoms with E-state index in [1.54, 1.807) is 0 Å². The molecular formula is C64H72. The van der Waals surface area contributed by atoms with Crippen LogP contribution in [0.15, 0.2) is 146 Å². The molecule has 6 aromatic carbocycles. The Morgan fingerprint density at radius 2 is 0.641 bits per heavy atom. The van der Waals surface area contributed by atoms with E-state index in [2.05, 4.69) is 227 Å². The summed E-state index contributed by atoms with van der Waals surface area (Å²) >= 11 is 0. The molecule has 0 atom stereocenters. The van der Waals surface area contributed by atoms with Crippen molar-refractivity contribution in [3.8, 4) is 44.5 Å². The van der Waals surface area contributed by atoms with Crippen molar-refractivity contribution < 1.29 is 0 Å². The molecule has 0 amide bonds. The SMILES string of the molecule is CCCC1(CCC)c2cc(/C=C/C=C/C=C/c3ccc4c(c3)C(CCC)(CCC)c3cc(-c5ccc(C(C)(C)C)cc5)ccc3-4)ccc2-c2ccc(-c3ccc(C(C)(C)C)cc3)cc21. The van der Waals surface area contributed by atoms with E-state index in [9.17, 15) is 0 Å². The molecule has 0 radical (unpaired) electrons. The second-order valence-electron chi connectivity index (χ2n) is 21.1. The lowest BCUT2D eigenvalue weighted by Crippen LogP contribution is -2.25. The smallest absolute Gasteiger partial charge is 0.0215 e. The van der Waals surface area contributed by atoms with Crippen molar-refractivity contribution in [3.63, 3.8) is 0 Å². The molecule has 6 aromatic rings. The average Bonchev–Trinajstić information content (AvgIpc) is 3.69. The Hall–Kier alpha value is -5.46. The monoisotopic (exact) mass is 841 g/mol. The highest BCUT2D eigenvalue weighted by Crippen LogP contribution is 2.56. The van der Waals surface area contributed by atoms with Gasteiger partial charge in [0, 0.05) is 10.8 Å². The van der Waals surface area contributed by atoms with Gasteiger partial charge in [-0.1, -0.05) is 241 Å².